The highest BCUT2D eigenvalue weighted by Crippen LogP contribution is 2.23. The van der Waals surface area contributed by atoms with Crippen molar-refractivity contribution in [3.05, 3.63) is 68.8 Å². The predicted molar refractivity (Wildman–Crippen MR) is 113 cm³/mol. The normalized spacial score (nSPS) is 16.5. The molecule has 1 aromatic carbocycles. The van der Waals surface area contributed by atoms with Crippen LogP contribution in [0.25, 0.3) is 11.4 Å². The van der Waals surface area contributed by atoms with E-state index in [1.165, 1.54) is 17.0 Å². The number of carbonyl (C=O) groups excluding carboxylic acids is 1. The Morgan fingerprint density at radius 3 is 2.63 bits per heavy atom. The van der Waals surface area contributed by atoms with Gasteiger partial charge in [0.2, 0.25) is 5.95 Å². The summed E-state index contributed by atoms with van der Waals surface area (Å²) in [7, 11) is 1.64. The summed E-state index contributed by atoms with van der Waals surface area (Å²) in [5, 5.41) is 0.750. The van der Waals surface area contributed by atoms with Crippen LogP contribution in [0.1, 0.15) is 10.4 Å². The zero-order valence-electron chi connectivity index (χ0n) is 16.0. The maximum absolute atomic E-state index is 12.9. The van der Waals surface area contributed by atoms with E-state index in [0.29, 0.717) is 46.1 Å². The molecule has 0 aliphatic carbocycles. The number of benzene rings is 1. The fraction of sp³-hybridized carbons (Fsp3) is 0.250. The van der Waals surface area contributed by atoms with Crippen molar-refractivity contribution < 1.29 is 9.53 Å². The first-order valence-corrected chi connectivity index (χ1v) is 9.89. The summed E-state index contributed by atoms with van der Waals surface area (Å²) in [5.74, 6) is 0.197. The highest BCUT2D eigenvalue weighted by atomic mass is 35.5. The minimum absolute atomic E-state index is 0.232. The van der Waals surface area contributed by atoms with E-state index in [-0.39, 0.29) is 17.9 Å². The van der Waals surface area contributed by atoms with E-state index >= 15 is 0 Å². The van der Waals surface area contributed by atoms with Crippen molar-refractivity contribution in [2.45, 2.75) is 6.10 Å². The number of aromatic nitrogens is 4. The standard InChI is InChI=1S/C20H17Cl2N5O3/c1-26-18(28)9-16(15-2-3-23-11-24-15)25-20(26)27-4-5-30-17(10-27)19(29)12-6-13(21)8-14(22)7-12/h2-3,6-9,11,17H,4-5,10H2,1H3. The lowest BCUT2D eigenvalue weighted by Gasteiger charge is -2.33. The van der Waals surface area contributed by atoms with Gasteiger partial charge in [-0.05, 0) is 24.3 Å². The zero-order valence-corrected chi connectivity index (χ0v) is 17.5. The lowest BCUT2D eigenvalue weighted by Crippen LogP contribution is -2.48. The molecule has 0 spiro atoms. The summed E-state index contributed by atoms with van der Waals surface area (Å²) in [5.41, 5.74) is 1.12. The number of nitrogens with zero attached hydrogens (tertiary/aromatic N) is 5. The maximum atomic E-state index is 12.9. The number of halogens is 2. The van der Waals surface area contributed by atoms with Crippen LogP contribution in [0, 0.1) is 0 Å². The summed E-state index contributed by atoms with van der Waals surface area (Å²) in [6, 6.07) is 7.78. The van der Waals surface area contributed by atoms with Crippen molar-refractivity contribution in [2.75, 3.05) is 24.6 Å². The van der Waals surface area contributed by atoms with Crippen molar-refractivity contribution in [3.63, 3.8) is 0 Å². The highest BCUT2D eigenvalue weighted by Gasteiger charge is 2.30. The monoisotopic (exact) mass is 445 g/mol. The molecule has 0 N–H and O–H groups in total. The van der Waals surface area contributed by atoms with E-state index in [9.17, 15) is 9.59 Å². The van der Waals surface area contributed by atoms with Crippen LogP contribution in [-0.4, -0.2) is 51.1 Å². The first-order chi connectivity index (χ1) is 14.4. The second-order valence-corrected chi connectivity index (χ2v) is 7.63. The van der Waals surface area contributed by atoms with Gasteiger partial charge in [-0.1, -0.05) is 23.2 Å². The Balaban J connectivity index is 1.64. The SMILES string of the molecule is Cn1c(N2CCOC(C(=O)c3cc(Cl)cc(Cl)c3)C2)nc(-c2ccncn2)cc1=O. The third-order valence-electron chi connectivity index (χ3n) is 4.74. The van der Waals surface area contributed by atoms with Gasteiger partial charge in [0.05, 0.1) is 24.5 Å². The molecule has 2 aromatic heterocycles. The van der Waals surface area contributed by atoms with Crippen molar-refractivity contribution in [2.24, 2.45) is 7.05 Å². The second kappa shape index (κ2) is 8.51. The Kier molecular flexibility index (Phi) is 5.80. The Hall–Kier alpha value is -2.81. The molecule has 154 valence electrons. The van der Waals surface area contributed by atoms with Crippen LogP contribution in [0.5, 0.6) is 0 Å². The van der Waals surface area contributed by atoms with Gasteiger partial charge in [0.15, 0.2) is 5.78 Å². The Bertz CT molecular complexity index is 1130. The molecule has 1 fully saturated rings. The molecule has 1 aliphatic rings. The number of hydrogen-bond acceptors (Lipinski definition) is 7. The molecular weight excluding hydrogens is 429 g/mol. The molecule has 0 radical (unpaired) electrons. The lowest BCUT2D eigenvalue weighted by molar-refractivity contribution is 0.0337. The number of carbonyl (C=O) groups is 1. The number of ketones is 1. The maximum Gasteiger partial charge on any atom is 0.255 e. The molecule has 3 aromatic rings. The largest absolute Gasteiger partial charge is 0.366 e. The molecule has 0 bridgehead atoms. The van der Waals surface area contributed by atoms with Gasteiger partial charge in [0, 0.05) is 41.5 Å². The third-order valence-corrected chi connectivity index (χ3v) is 5.18. The summed E-state index contributed by atoms with van der Waals surface area (Å²) in [6.45, 7) is 1.02. The van der Waals surface area contributed by atoms with Crippen LogP contribution in [0.3, 0.4) is 0 Å². The average Bonchev–Trinajstić information content (AvgIpc) is 2.75. The van der Waals surface area contributed by atoms with E-state index < -0.39 is 6.10 Å². The van der Waals surface area contributed by atoms with Crippen molar-refractivity contribution in [1.82, 2.24) is 19.5 Å². The van der Waals surface area contributed by atoms with Crippen LogP contribution in [-0.2, 0) is 11.8 Å². The molecule has 8 nitrogen and oxygen atoms in total. The van der Waals surface area contributed by atoms with Gasteiger partial charge < -0.3 is 9.64 Å². The van der Waals surface area contributed by atoms with Gasteiger partial charge in [-0.25, -0.2) is 15.0 Å². The van der Waals surface area contributed by atoms with Crippen LogP contribution in [0.15, 0.2) is 47.7 Å². The molecule has 1 saturated heterocycles. The van der Waals surface area contributed by atoms with Crippen LogP contribution >= 0.6 is 23.2 Å². The van der Waals surface area contributed by atoms with Gasteiger partial charge in [-0.2, -0.15) is 0 Å². The van der Waals surface area contributed by atoms with Gasteiger partial charge >= 0.3 is 0 Å². The lowest BCUT2D eigenvalue weighted by atomic mass is 10.0. The summed E-state index contributed by atoms with van der Waals surface area (Å²) >= 11 is 12.1. The molecular formula is C20H17Cl2N5O3. The van der Waals surface area contributed by atoms with Crippen LogP contribution < -0.4 is 10.5 Å². The number of hydrogen-bond donors (Lipinski definition) is 0. The number of morpholine rings is 1. The fourth-order valence-corrected chi connectivity index (χ4v) is 3.78. The Labute approximate surface area is 182 Å². The topological polar surface area (TPSA) is 90.2 Å². The van der Waals surface area contributed by atoms with Gasteiger partial charge in [0.25, 0.3) is 5.56 Å². The fourth-order valence-electron chi connectivity index (χ4n) is 3.26. The minimum atomic E-state index is -0.743. The van der Waals surface area contributed by atoms with Gasteiger partial charge in [-0.15, -0.1) is 0 Å². The quantitative estimate of drug-likeness (QED) is 0.570. The van der Waals surface area contributed by atoms with E-state index in [0.717, 1.165) is 0 Å². The molecule has 4 rings (SSSR count). The van der Waals surface area contributed by atoms with Gasteiger partial charge in [-0.3, -0.25) is 14.2 Å². The molecule has 30 heavy (non-hydrogen) atoms. The molecule has 0 amide bonds. The summed E-state index contributed by atoms with van der Waals surface area (Å²) in [6.07, 6.45) is 2.24. The third kappa shape index (κ3) is 4.21. The zero-order chi connectivity index (χ0) is 21.3. The van der Waals surface area contributed by atoms with E-state index in [1.54, 1.807) is 37.5 Å². The van der Waals surface area contributed by atoms with E-state index in [4.69, 9.17) is 27.9 Å². The molecule has 1 unspecified atom stereocenters. The average molecular weight is 446 g/mol. The van der Waals surface area contributed by atoms with Crippen LogP contribution in [0.2, 0.25) is 10.0 Å². The second-order valence-electron chi connectivity index (χ2n) is 6.76. The molecule has 3 heterocycles. The number of anilines is 1. The Morgan fingerprint density at radius 2 is 1.93 bits per heavy atom. The highest BCUT2D eigenvalue weighted by molar-refractivity contribution is 6.35. The van der Waals surface area contributed by atoms with Gasteiger partial charge in [0.1, 0.15) is 12.4 Å². The predicted octanol–water partition coefficient (Wildman–Crippen LogP) is 2.63. The molecule has 1 aliphatic heterocycles. The Morgan fingerprint density at radius 1 is 1.17 bits per heavy atom. The van der Waals surface area contributed by atoms with Crippen molar-refractivity contribution in [1.29, 1.82) is 0 Å². The van der Waals surface area contributed by atoms with Crippen molar-refractivity contribution >= 4 is 34.9 Å². The molecule has 10 heteroatoms. The van der Waals surface area contributed by atoms with Crippen LogP contribution in [0.4, 0.5) is 5.95 Å². The number of Topliss-reactive ketones (excluding diaryl/α,β-unsaturated/α-hetero) is 1. The minimum Gasteiger partial charge on any atom is -0.366 e. The van der Waals surface area contributed by atoms with E-state index in [2.05, 4.69) is 15.0 Å². The number of rotatable bonds is 4. The summed E-state index contributed by atoms with van der Waals surface area (Å²) < 4.78 is 7.14. The molecule has 1 atom stereocenters. The first kappa shape index (κ1) is 20.5. The smallest absolute Gasteiger partial charge is 0.255 e. The first-order valence-electron chi connectivity index (χ1n) is 9.13. The van der Waals surface area contributed by atoms with Crippen molar-refractivity contribution in [3.8, 4) is 11.4 Å². The number of ether oxygens (including phenoxy) is 1. The van der Waals surface area contributed by atoms with E-state index in [1.807, 2.05) is 4.90 Å². The summed E-state index contributed by atoms with van der Waals surface area (Å²) in [4.78, 5) is 40.0. The molecule has 0 saturated carbocycles.